The molecule has 0 saturated carbocycles. The lowest BCUT2D eigenvalue weighted by Crippen LogP contribution is -2.24. The van der Waals surface area contributed by atoms with Crippen LogP contribution in [-0.2, 0) is 20.2 Å². The van der Waals surface area contributed by atoms with Gasteiger partial charge in [-0.05, 0) is 6.08 Å². The Morgan fingerprint density at radius 2 is 1.47 bits per heavy atom. The van der Waals surface area contributed by atoms with Crippen LogP contribution in [-0.4, -0.2) is 66.9 Å². The van der Waals surface area contributed by atoms with E-state index >= 15 is 0 Å². The summed E-state index contributed by atoms with van der Waals surface area (Å²) in [5.41, 5.74) is 0. The van der Waals surface area contributed by atoms with E-state index in [0.717, 1.165) is 0 Å². The molecule has 0 aromatic carbocycles. The van der Waals surface area contributed by atoms with Crippen molar-refractivity contribution < 1.29 is 25.9 Å². The topological polar surface area (TPSA) is 115 Å². The summed E-state index contributed by atoms with van der Waals surface area (Å²) in [5.74, 6) is -0.775. The zero-order valence-corrected chi connectivity index (χ0v) is 11.7. The minimum absolute atomic E-state index is 0.0952. The molecule has 10 heteroatoms. The van der Waals surface area contributed by atoms with Crippen molar-refractivity contribution in [2.24, 2.45) is 0 Å². The molecule has 19 heavy (non-hydrogen) atoms. The minimum atomic E-state index is -4.01. The normalized spacial score (nSPS) is 16.7. The smallest absolute Gasteiger partial charge is 0.266 e. The van der Waals surface area contributed by atoms with Gasteiger partial charge < -0.3 is 9.80 Å². The highest BCUT2D eigenvalue weighted by Gasteiger charge is 2.10. The molecular weight excluding hydrogens is 296 g/mol. The molecule has 0 aliphatic carbocycles. The molecule has 0 aromatic rings. The molecule has 0 atom stereocenters. The van der Waals surface area contributed by atoms with Crippen LogP contribution in [0, 0.1) is 0 Å². The highest BCUT2D eigenvalue weighted by molar-refractivity contribution is 7.86. The Morgan fingerprint density at radius 3 is 2.05 bits per heavy atom. The van der Waals surface area contributed by atoms with Crippen molar-refractivity contribution in [3.8, 4) is 0 Å². The van der Waals surface area contributed by atoms with Gasteiger partial charge in [-0.3, -0.25) is 9.11 Å². The quantitative estimate of drug-likeness (QED) is 0.623. The van der Waals surface area contributed by atoms with Gasteiger partial charge in [0.1, 0.15) is 0 Å². The van der Waals surface area contributed by atoms with Gasteiger partial charge in [0.05, 0.1) is 11.5 Å². The van der Waals surface area contributed by atoms with Gasteiger partial charge in [-0.2, -0.15) is 16.8 Å². The molecule has 0 radical (unpaired) electrons. The average Bonchev–Trinajstić information content (AvgIpc) is 2.47. The number of rotatable bonds is 6. The fourth-order valence-electron chi connectivity index (χ4n) is 1.38. The Morgan fingerprint density at radius 1 is 0.895 bits per heavy atom. The molecule has 0 spiro atoms. The van der Waals surface area contributed by atoms with Gasteiger partial charge in [0.25, 0.3) is 20.2 Å². The van der Waals surface area contributed by atoms with E-state index in [4.69, 9.17) is 9.11 Å². The fourth-order valence-corrected chi connectivity index (χ4v) is 2.28. The van der Waals surface area contributed by atoms with Crippen LogP contribution in [0.25, 0.3) is 0 Å². The lowest BCUT2D eigenvalue weighted by atomic mass is 10.5. The summed E-state index contributed by atoms with van der Waals surface area (Å²) in [6.07, 6.45) is 6.51. The molecule has 1 aliphatic rings. The summed E-state index contributed by atoms with van der Waals surface area (Å²) in [6, 6.07) is 0. The van der Waals surface area contributed by atoms with Crippen LogP contribution in [0.4, 0.5) is 0 Å². The minimum Gasteiger partial charge on any atom is -0.371 e. The van der Waals surface area contributed by atoms with Crippen LogP contribution in [0.5, 0.6) is 0 Å². The Labute approximate surface area is 112 Å². The maximum absolute atomic E-state index is 10.6. The first-order chi connectivity index (χ1) is 8.66. The maximum atomic E-state index is 10.6. The predicted octanol–water partition coefficient (Wildman–Crippen LogP) is -0.635. The number of nitrogens with zero attached hydrogens (tertiary/aromatic N) is 2. The molecule has 0 fully saturated rings. The molecule has 1 heterocycles. The molecule has 0 saturated heterocycles. The van der Waals surface area contributed by atoms with E-state index in [9.17, 15) is 16.8 Å². The second-order valence-corrected chi connectivity index (χ2v) is 7.13. The van der Waals surface area contributed by atoms with E-state index in [2.05, 4.69) is 0 Å². The van der Waals surface area contributed by atoms with E-state index in [-0.39, 0.29) is 18.8 Å². The summed E-state index contributed by atoms with van der Waals surface area (Å²) < 4.78 is 59.7. The molecule has 1 aliphatic heterocycles. The van der Waals surface area contributed by atoms with Crippen LogP contribution in [0.3, 0.4) is 0 Å². The molecule has 0 amide bonds. The first kappa shape index (κ1) is 16.0. The van der Waals surface area contributed by atoms with Gasteiger partial charge in [-0.15, -0.1) is 0 Å². The van der Waals surface area contributed by atoms with Gasteiger partial charge in [-0.25, -0.2) is 0 Å². The van der Waals surface area contributed by atoms with Crippen LogP contribution in [0.15, 0.2) is 24.7 Å². The molecule has 1 rings (SSSR count). The second kappa shape index (κ2) is 6.37. The van der Waals surface area contributed by atoms with Crippen molar-refractivity contribution in [2.75, 3.05) is 31.1 Å². The van der Waals surface area contributed by atoms with Gasteiger partial charge in [0, 0.05) is 38.2 Å². The molecule has 0 bridgehead atoms. The van der Waals surface area contributed by atoms with Crippen LogP contribution in [0.2, 0.25) is 0 Å². The van der Waals surface area contributed by atoms with Gasteiger partial charge in [0.15, 0.2) is 0 Å². The van der Waals surface area contributed by atoms with Gasteiger partial charge in [-0.1, -0.05) is 0 Å². The Balaban J connectivity index is 2.51. The lowest BCUT2D eigenvalue weighted by molar-refractivity contribution is 0.420. The first-order valence-corrected chi connectivity index (χ1v) is 8.63. The van der Waals surface area contributed by atoms with Gasteiger partial charge >= 0.3 is 0 Å². The summed E-state index contributed by atoms with van der Waals surface area (Å²) in [5, 5.41) is 0. The van der Waals surface area contributed by atoms with Crippen molar-refractivity contribution in [3.63, 3.8) is 0 Å². The van der Waals surface area contributed by atoms with E-state index in [1.807, 2.05) is 0 Å². The van der Waals surface area contributed by atoms with Crippen molar-refractivity contribution in [1.82, 2.24) is 9.80 Å². The summed E-state index contributed by atoms with van der Waals surface area (Å²) >= 11 is 0. The van der Waals surface area contributed by atoms with Crippen LogP contribution < -0.4 is 0 Å². The number of hydrogen-bond acceptors (Lipinski definition) is 6. The molecule has 0 aromatic heterocycles. The summed E-state index contributed by atoms with van der Waals surface area (Å²) in [7, 11) is -8.02. The van der Waals surface area contributed by atoms with E-state index in [1.165, 1.54) is 0 Å². The van der Waals surface area contributed by atoms with Crippen LogP contribution >= 0.6 is 0 Å². The van der Waals surface area contributed by atoms with E-state index in [0.29, 0.717) is 6.54 Å². The summed E-state index contributed by atoms with van der Waals surface area (Å²) in [4.78, 5) is 3.21. The molecule has 110 valence electrons. The highest BCUT2D eigenvalue weighted by atomic mass is 32.2. The molecule has 8 nitrogen and oxygen atoms in total. The lowest BCUT2D eigenvalue weighted by Gasteiger charge is -2.16. The average molecular weight is 312 g/mol. The third kappa shape index (κ3) is 7.82. The molecule has 2 N–H and O–H groups in total. The predicted molar refractivity (Wildman–Crippen MR) is 69.4 cm³/mol. The van der Waals surface area contributed by atoms with E-state index < -0.39 is 26.0 Å². The second-order valence-electron chi connectivity index (χ2n) is 3.99. The van der Waals surface area contributed by atoms with E-state index in [1.54, 1.807) is 34.5 Å². The third-order valence-electron chi connectivity index (χ3n) is 2.35. The van der Waals surface area contributed by atoms with Crippen LogP contribution in [0.1, 0.15) is 0 Å². The molecule has 0 unspecified atom stereocenters. The molecular formula is C9H16N2O6S2. The SMILES string of the molecule is O=S(=O)(O)CCN1C=CCN(CCS(=O)(=O)O)C=C1. The largest absolute Gasteiger partial charge is 0.371 e. The Kier molecular flexibility index (Phi) is 5.35. The highest BCUT2D eigenvalue weighted by Crippen LogP contribution is 2.03. The number of hydrogen-bond donors (Lipinski definition) is 2. The van der Waals surface area contributed by atoms with Crippen molar-refractivity contribution in [3.05, 3.63) is 24.7 Å². The fraction of sp³-hybridized carbons (Fsp3) is 0.556. The maximum Gasteiger partial charge on any atom is 0.266 e. The monoisotopic (exact) mass is 312 g/mol. The van der Waals surface area contributed by atoms with Crippen molar-refractivity contribution in [1.29, 1.82) is 0 Å². The van der Waals surface area contributed by atoms with Crippen molar-refractivity contribution in [2.45, 2.75) is 0 Å². The zero-order chi connectivity index (χ0) is 14.5. The standard InChI is InChI=1S/C9H16N2O6S2/c12-18(13,14)8-6-10-2-1-3-11(5-4-10)7-9-19(15,16)17/h1-2,4-5H,3,6-9H2,(H,12,13,14)(H,15,16,17). The Hall–Kier alpha value is -1.10. The van der Waals surface area contributed by atoms with Crippen molar-refractivity contribution >= 4 is 20.2 Å². The van der Waals surface area contributed by atoms with Gasteiger partial charge in [0.2, 0.25) is 0 Å². The zero-order valence-electron chi connectivity index (χ0n) is 10.1. The third-order valence-corrected chi connectivity index (χ3v) is 3.75. The summed E-state index contributed by atoms with van der Waals surface area (Å²) in [6.45, 7) is 0.665. The first-order valence-electron chi connectivity index (χ1n) is 5.41. The Bertz CT molecular complexity index is 551.